The molecule has 2 unspecified atom stereocenters. The number of carboxylic acids is 1. The summed E-state index contributed by atoms with van der Waals surface area (Å²) >= 11 is 0. The third-order valence-electron chi connectivity index (χ3n) is 5.35. The quantitative estimate of drug-likeness (QED) is 0.858. The number of para-hydroxylation sites is 1. The van der Waals surface area contributed by atoms with Crippen molar-refractivity contribution in [3.8, 4) is 11.5 Å². The number of likely N-dealkylation sites (tertiary alicyclic amines) is 1. The summed E-state index contributed by atoms with van der Waals surface area (Å²) < 4.78 is 16.1. The van der Waals surface area contributed by atoms with Crippen LogP contribution < -0.4 is 9.47 Å². The molecular formula is C19H25NO6. The molecule has 2 atom stereocenters. The van der Waals surface area contributed by atoms with Gasteiger partial charge in [0.25, 0.3) is 0 Å². The first-order valence-electron chi connectivity index (χ1n) is 8.87. The van der Waals surface area contributed by atoms with E-state index >= 15 is 0 Å². The molecule has 2 fully saturated rings. The van der Waals surface area contributed by atoms with Crippen molar-refractivity contribution >= 4 is 11.9 Å². The van der Waals surface area contributed by atoms with Crippen LogP contribution in [-0.2, 0) is 14.3 Å². The molecule has 0 spiro atoms. The number of aliphatic carboxylic acids is 1. The summed E-state index contributed by atoms with van der Waals surface area (Å²) in [5.41, 5.74) is 0.765. The predicted octanol–water partition coefficient (Wildman–Crippen LogP) is 1.76. The molecule has 1 amide bonds. The molecule has 26 heavy (non-hydrogen) atoms. The summed E-state index contributed by atoms with van der Waals surface area (Å²) in [5.74, 6) is -0.855. The van der Waals surface area contributed by atoms with Crippen LogP contribution in [0.1, 0.15) is 24.3 Å². The Bertz CT molecular complexity index is 670. The Morgan fingerprint density at radius 2 is 1.88 bits per heavy atom. The van der Waals surface area contributed by atoms with E-state index < -0.39 is 11.9 Å². The van der Waals surface area contributed by atoms with Crippen LogP contribution in [0.4, 0.5) is 0 Å². The fourth-order valence-electron chi connectivity index (χ4n) is 3.96. The zero-order valence-corrected chi connectivity index (χ0v) is 15.1. The zero-order valence-electron chi connectivity index (χ0n) is 15.1. The Labute approximate surface area is 152 Å². The number of hydrogen-bond donors (Lipinski definition) is 1. The average Bonchev–Trinajstić information content (AvgIpc) is 3.12. The maximum Gasteiger partial charge on any atom is 0.308 e. The Kier molecular flexibility index (Phi) is 5.66. The van der Waals surface area contributed by atoms with Gasteiger partial charge < -0.3 is 24.2 Å². The Hall–Kier alpha value is -2.28. The second-order valence-corrected chi connectivity index (χ2v) is 6.76. The lowest BCUT2D eigenvalue weighted by molar-refractivity contribution is -0.142. The lowest BCUT2D eigenvalue weighted by Crippen LogP contribution is -2.37. The molecule has 1 aromatic rings. The van der Waals surface area contributed by atoms with Crippen LogP contribution in [0, 0.1) is 11.8 Å². The smallest absolute Gasteiger partial charge is 0.308 e. The van der Waals surface area contributed by atoms with Crippen LogP contribution in [0.25, 0.3) is 0 Å². The van der Waals surface area contributed by atoms with Crippen LogP contribution >= 0.6 is 0 Å². The van der Waals surface area contributed by atoms with Crippen molar-refractivity contribution in [1.82, 2.24) is 4.90 Å². The first kappa shape index (κ1) is 18.5. The third-order valence-corrected chi connectivity index (χ3v) is 5.35. The van der Waals surface area contributed by atoms with Gasteiger partial charge in [0, 0.05) is 43.7 Å². The highest BCUT2D eigenvalue weighted by Crippen LogP contribution is 2.42. The lowest BCUT2D eigenvalue weighted by Gasteiger charge is -2.26. The van der Waals surface area contributed by atoms with Crippen molar-refractivity contribution < 1.29 is 28.9 Å². The van der Waals surface area contributed by atoms with Crippen LogP contribution in [0.5, 0.6) is 11.5 Å². The standard InChI is InChI=1S/C19H25NO6/c1-24-16-5-3-4-13(17(16)25-2)14-10-20(11-15(14)19(22)23)18(21)12-6-8-26-9-7-12/h3-5,12,14-15H,6-11H2,1-2H3,(H,22,23). The molecule has 7 nitrogen and oxygen atoms in total. The number of nitrogens with zero attached hydrogens (tertiary/aromatic N) is 1. The predicted molar refractivity (Wildman–Crippen MR) is 93.5 cm³/mol. The van der Waals surface area contributed by atoms with Crippen LogP contribution in [-0.4, -0.2) is 62.4 Å². The van der Waals surface area contributed by atoms with E-state index in [0.717, 1.165) is 5.56 Å². The summed E-state index contributed by atoms with van der Waals surface area (Å²) in [6, 6.07) is 5.45. The average molecular weight is 363 g/mol. The van der Waals surface area contributed by atoms with Gasteiger partial charge in [-0.05, 0) is 18.9 Å². The number of carboxylic acid groups (broad SMARTS) is 1. The fourth-order valence-corrected chi connectivity index (χ4v) is 3.96. The second-order valence-electron chi connectivity index (χ2n) is 6.76. The van der Waals surface area contributed by atoms with E-state index in [2.05, 4.69) is 0 Å². The van der Waals surface area contributed by atoms with E-state index in [-0.39, 0.29) is 24.3 Å². The molecule has 1 aromatic carbocycles. The minimum atomic E-state index is -0.901. The molecule has 7 heteroatoms. The summed E-state index contributed by atoms with van der Waals surface area (Å²) in [6.07, 6.45) is 1.39. The Morgan fingerprint density at radius 1 is 1.15 bits per heavy atom. The molecule has 2 heterocycles. The number of rotatable bonds is 5. The lowest BCUT2D eigenvalue weighted by atomic mass is 9.88. The van der Waals surface area contributed by atoms with Crippen molar-refractivity contribution in [3.05, 3.63) is 23.8 Å². The van der Waals surface area contributed by atoms with E-state index in [4.69, 9.17) is 14.2 Å². The zero-order chi connectivity index (χ0) is 18.7. The van der Waals surface area contributed by atoms with Crippen molar-refractivity contribution in [2.45, 2.75) is 18.8 Å². The fraction of sp³-hybridized carbons (Fsp3) is 0.579. The van der Waals surface area contributed by atoms with Gasteiger partial charge >= 0.3 is 5.97 Å². The van der Waals surface area contributed by atoms with Crippen LogP contribution in [0.2, 0.25) is 0 Å². The molecular weight excluding hydrogens is 338 g/mol. The van der Waals surface area contributed by atoms with Gasteiger partial charge in [-0.15, -0.1) is 0 Å². The number of methoxy groups -OCH3 is 2. The minimum Gasteiger partial charge on any atom is -0.493 e. The normalized spacial score (nSPS) is 23.7. The number of benzene rings is 1. The van der Waals surface area contributed by atoms with Gasteiger partial charge in [-0.3, -0.25) is 9.59 Å². The van der Waals surface area contributed by atoms with E-state index in [9.17, 15) is 14.7 Å². The molecule has 142 valence electrons. The molecule has 0 aliphatic carbocycles. The third kappa shape index (κ3) is 3.49. The molecule has 3 rings (SSSR count). The molecule has 0 radical (unpaired) electrons. The van der Waals surface area contributed by atoms with Gasteiger partial charge in [-0.25, -0.2) is 0 Å². The van der Waals surface area contributed by atoms with Crippen molar-refractivity contribution in [2.75, 3.05) is 40.5 Å². The van der Waals surface area contributed by atoms with Gasteiger partial charge in [0.1, 0.15) is 0 Å². The molecule has 2 aliphatic heterocycles. The molecule has 2 aliphatic rings. The van der Waals surface area contributed by atoms with Gasteiger partial charge in [0.05, 0.1) is 20.1 Å². The van der Waals surface area contributed by atoms with Gasteiger partial charge in [-0.2, -0.15) is 0 Å². The number of carbonyl (C=O) groups excluding carboxylic acids is 1. The van der Waals surface area contributed by atoms with Gasteiger partial charge in [-0.1, -0.05) is 12.1 Å². The largest absolute Gasteiger partial charge is 0.493 e. The van der Waals surface area contributed by atoms with Crippen molar-refractivity contribution in [3.63, 3.8) is 0 Å². The molecule has 2 saturated heterocycles. The van der Waals surface area contributed by atoms with Gasteiger partial charge in [0.15, 0.2) is 11.5 Å². The van der Waals surface area contributed by atoms with E-state index in [1.54, 1.807) is 18.1 Å². The number of ether oxygens (including phenoxy) is 3. The molecule has 0 saturated carbocycles. The molecule has 0 bridgehead atoms. The van der Waals surface area contributed by atoms with Crippen LogP contribution in [0.15, 0.2) is 18.2 Å². The molecule has 1 N–H and O–H groups in total. The van der Waals surface area contributed by atoms with Crippen LogP contribution in [0.3, 0.4) is 0 Å². The first-order chi connectivity index (χ1) is 12.6. The monoisotopic (exact) mass is 363 g/mol. The highest BCUT2D eigenvalue weighted by molar-refractivity contribution is 5.81. The van der Waals surface area contributed by atoms with E-state index in [1.165, 1.54) is 7.11 Å². The number of carbonyl (C=O) groups is 2. The SMILES string of the molecule is COc1cccc(C2CN(C(=O)C3CCOCC3)CC2C(=O)O)c1OC. The minimum absolute atomic E-state index is 0.0314. The Morgan fingerprint density at radius 3 is 2.50 bits per heavy atom. The van der Waals surface area contributed by atoms with Crippen molar-refractivity contribution in [2.24, 2.45) is 11.8 Å². The van der Waals surface area contributed by atoms with E-state index in [1.807, 2.05) is 12.1 Å². The summed E-state index contributed by atoms with van der Waals surface area (Å²) in [7, 11) is 3.09. The van der Waals surface area contributed by atoms with Gasteiger partial charge in [0.2, 0.25) is 5.91 Å². The highest BCUT2D eigenvalue weighted by Gasteiger charge is 2.43. The summed E-state index contributed by atoms with van der Waals surface area (Å²) in [4.78, 5) is 26.4. The van der Waals surface area contributed by atoms with Crippen molar-refractivity contribution in [1.29, 1.82) is 0 Å². The van der Waals surface area contributed by atoms with E-state index in [0.29, 0.717) is 44.1 Å². The maximum atomic E-state index is 12.8. The Balaban J connectivity index is 1.87. The second kappa shape index (κ2) is 7.95. The maximum absolute atomic E-state index is 12.8. The first-order valence-corrected chi connectivity index (χ1v) is 8.87. The molecule has 0 aromatic heterocycles. The highest BCUT2D eigenvalue weighted by atomic mass is 16.5. The number of amides is 1. The number of hydrogen-bond acceptors (Lipinski definition) is 5. The summed E-state index contributed by atoms with van der Waals surface area (Å²) in [6.45, 7) is 1.76. The topological polar surface area (TPSA) is 85.3 Å². The summed E-state index contributed by atoms with van der Waals surface area (Å²) in [5, 5.41) is 9.71.